The molecule has 1 aliphatic heterocycles. The largest absolute Gasteiger partial charge is 0.376 e. The summed E-state index contributed by atoms with van der Waals surface area (Å²) in [5.74, 6) is 1.83. The Labute approximate surface area is 190 Å². The van der Waals surface area contributed by atoms with Gasteiger partial charge in [-0.3, -0.25) is 0 Å². The van der Waals surface area contributed by atoms with Gasteiger partial charge in [0.05, 0.1) is 12.6 Å². The molecule has 1 saturated heterocycles. The normalized spacial score (nSPS) is 16.9. The molecule has 3 rings (SSSR count). The van der Waals surface area contributed by atoms with Crippen LogP contribution in [0.25, 0.3) is 0 Å². The average Bonchev–Trinajstić information content (AvgIpc) is 3.19. The minimum atomic E-state index is 0. The van der Waals surface area contributed by atoms with Crippen LogP contribution in [0.4, 0.5) is 0 Å². The molecule has 1 unspecified atom stereocenters. The summed E-state index contributed by atoms with van der Waals surface area (Å²) in [7, 11) is 0. The minimum absolute atomic E-state index is 0. The third-order valence-corrected chi connectivity index (χ3v) is 5.10. The summed E-state index contributed by atoms with van der Waals surface area (Å²) in [6, 6.07) is 8.38. The van der Waals surface area contributed by atoms with Gasteiger partial charge in [0.15, 0.2) is 5.96 Å². The van der Waals surface area contributed by atoms with Crippen LogP contribution >= 0.6 is 24.0 Å². The number of hydrogen-bond donors (Lipinski definition) is 2. The number of nitrogens with one attached hydrogen (secondary N) is 2. The topological polar surface area (TPSA) is 76.4 Å². The van der Waals surface area contributed by atoms with Crippen molar-refractivity contribution in [3.63, 3.8) is 0 Å². The second-order valence-corrected chi connectivity index (χ2v) is 7.18. The molecule has 7 nitrogen and oxygen atoms in total. The summed E-state index contributed by atoms with van der Waals surface area (Å²) in [6.07, 6.45) is 6.45. The maximum Gasteiger partial charge on any atom is 0.191 e. The number of aryl methyl sites for hydroxylation is 2. The first-order chi connectivity index (χ1) is 13.8. The predicted molar refractivity (Wildman–Crippen MR) is 127 cm³/mol. The molecule has 160 valence electrons. The molecule has 1 aliphatic rings. The summed E-state index contributed by atoms with van der Waals surface area (Å²) in [4.78, 5) is 4.80. The Bertz CT molecular complexity index is 757. The van der Waals surface area contributed by atoms with Gasteiger partial charge in [0.1, 0.15) is 12.2 Å². The predicted octanol–water partition coefficient (Wildman–Crippen LogP) is 3.07. The van der Waals surface area contributed by atoms with Crippen molar-refractivity contribution in [2.24, 2.45) is 4.99 Å². The van der Waals surface area contributed by atoms with E-state index in [9.17, 15) is 0 Å². The first kappa shape index (κ1) is 23.6. The molecule has 0 bridgehead atoms. The van der Waals surface area contributed by atoms with Crippen molar-refractivity contribution in [2.45, 2.75) is 58.7 Å². The minimum Gasteiger partial charge on any atom is -0.376 e. The zero-order chi connectivity index (χ0) is 19.6. The van der Waals surface area contributed by atoms with Crippen LogP contribution in [0.3, 0.4) is 0 Å². The molecular formula is C21H33IN6O. The molecule has 1 aromatic heterocycles. The van der Waals surface area contributed by atoms with E-state index in [1.807, 2.05) is 0 Å². The molecule has 0 radical (unpaired) electrons. The van der Waals surface area contributed by atoms with Crippen LogP contribution in [0, 0.1) is 6.92 Å². The second kappa shape index (κ2) is 12.8. The molecule has 0 aliphatic carbocycles. The van der Waals surface area contributed by atoms with Gasteiger partial charge in [-0.1, -0.05) is 31.2 Å². The summed E-state index contributed by atoms with van der Waals surface area (Å²) in [6.45, 7) is 8.08. The maximum atomic E-state index is 5.84. The Morgan fingerprint density at radius 2 is 2.14 bits per heavy atom. The number of halogens is 1. The fourth-order valence-electron chi connectivity index (χ4n) is 3.34. The van der Waals surface area contributed by atoms with Gasteiger partial charge < -0.3 is 19.9 Å². The Morgan fingerprint density at radius 1 is 1.28 bits per heavy atom. The van der Waals surface area contributed by atoms with E-state index in [1.54, 1.807) is 6.33 Å². The van der Waals surface area contributed by atoms with Crippen LogP contribution in [0.1, 0.15) is 43.1 Å². The van der Waals surface area contributed by atoms with Gasteiger partial charge in [0.25, 0.3) is 0 Å². The summed E-state index contributed by atoms with van der Waals surface area (Å²) in [5, 5.41) is 15.0. The highest BCUT2D eigenvalue weighted by atomic mass is 127. The monoisotopic (exact) mass is 512 g/mol. The van der Waals surface area contributed by atoms with Crippen molar-refractivity contribution in [2.75, 3.05) is 19.7 Å². The molecule has 0 spiro atoms. The van der Waals surface area contributed by atoms with Crippen LogP contribution in [-0.2, 0) is 24.2 Å². The summed E-state index contributed by atoms with van der Waals surface area (Å²) >= 11 is 0. The van der Waals surface area contributed by atoms with Crippen molar-refractivity contribution in [3.8, 4) is 0 Å². The number of nitrogens with zero attached hydrogens (tertiary/aromatic N) is 4. The highest BCUT2D eigenvalue weighted by molar-refractivity contribution is 14.0. The quantitative estimate of drug-likeness (QED) is 0.323. The lowest BCUT2D eigenvalue weighted by Crippen LogP contribution is -2.43. The van der Waals surface area contributed by atoms with E-state index >= 15 is 0 Å². The molecule has 2 N–H and O–H groups in total. The summed E-state index contributed by atoms with van der Waals surface area (Å²) < 4.78 is 7.92. The Balaban J connectivity index is 0.00000300. The van der Waals surface area contributed by atoms with Gasteiger partial charge in [0.2, 0.25) is 0 Å². The lowest BCUT2D eigenvalue weighted by molar-refractivity contribution is 0.0194. The molecule has 8 heteroatoms. The van der Waals surface area contributed by atoms with Crippen LogP contribution < -0.4 is 10.6 Å². The first-order valence-corrected chi connectivity index (χ1v) is 10.3. The molecule has 29 heavy (non-hydrogen) atoms. The van der Waals surface area contributed by atoms with Crippen LogP contribution in [-0.4, -0.2) is 46.5 Å². The van der Waals surface area contributed by atoms with E-state index in [0.717, 1.165) is 50.9 Å². The third-order valence-electron chi connectivity index (χ3n) is 5.10. The van der Waals surface area contributed by atoms with E-state index in [-0.39, 0.29) is 30.1 Å². The molecule has 0 amide bonds. The van der Waals surface area contributed by atoms with Crippen molar-refractivity contribution in [1.29, 1.82) is 0 Å². The number of benzene rings is 1. The molecule has 2 heterocycles. The Morgan fingerprint density at radius 3 is 2.90 bits per heavy atom. The van der Waals surface area contributed by atoms with E-state index in [4.69, 9.17) is 9.73 Å². The van der Waals surface area contributed by atoms with E-state index in [1.165, 1.54) is 24.0 Å². The van der Waals surface area contributed by atoms with E-state index in [2.05, 4.69) is 63.5 Å². The highest BCUT2D eigenvalue weighted by Crippen LogP contribution is 2.12. The van der Waals surface area contributed by atoms with Crippen molar-refractivity contribution in [1.82, 2.24) is 25.4 Å². The zero-order valence-electron chi connectivity index (χ0n) is 17.4. The van der Waals surface area contributed by atoms with Gasteiger partial charge in [-0.25, -0.2) is 4.99 Å². The fourth-order valence-corrected chi connectivity index (χ4v) is 3.34. The van der Waals surface area contributed by atoms with Gasteiger partial charge in [-0.2, -0.15) is 0 Å². The lowest BCUT2D eigenvalue weighted by atomic mass is 10.1. The standard InChI is InChI=1S/C21H32N6O.HI/c1-3-20-26-25-16-27(20)12-11-22-21(24-15-19-10-6-7-13-28-19)23-14-18-9-5-4-8-17(18)2;/h4-5,8-9,16,19H,3,6-7,10-15H2,1-2H3,(H2,22,23,24);1H. The summed E-state index contributed by atoms with van der Waals surface area (Å²) in [5.41, 5.74) is 2.50. The second-order valence-electron chi connectivity index (χ2n) is 7.18. The number of guanidine groups is 1. The molecular weight excluding hydrogens is 479 g/mol. The van der Waals surface area contributed by atoms with Gasteiger partial charge in [-0.05, 0) is 37.3 Å². The number of aromatic nitrogens is 3. The van der Waals surface area contributed by atoms with Gasteiger partial charge in [-0.15, -0.1) is 34.2 Å². The third kappa shape index (κ3) is 7.58. The lowest BCUT2D eigenvalue weighted by Gasteiger charge is -2.24. The smallest absolute Gasteiger partial charge is 0.191 e. The number of rotatable bonds is 8. The first-order valence-electron chi connectivity index (χ1n) is 10.3. The van der Waals surface area contributed by atoms with Crippen molar-refractivity contribution >= 4 is 29.9 Å². The van der Waals surface area contributed by atoms with Crippen molar-refractivity contribution in [3.05, 3.63) is 47.5 Å². The van der Waals surface area contributed by atoms with Crippen LogP contribution in [0.15, 0.2) is 35.6 Å². The molecule has 1 aromatic carbocycles. The Kier molecular flexibility index (Phi) is 10.4. The van der Waals surface area contributed by atoms with Crippen molar-refractivity contribution < 1.29 is 4.74 Å². The highest BCUT2D eigenvalue weighted by Gasteiger charge is 2.14. The van der Waals surface area contributed by atoms with Gasteiger partial charge in [0, 0.05) is 32.7 Å². The van der Waals surface area contributed by atoms with E-state index in [0.29, 0.717) is 6.54 Å². The molecule has 1 fully saturated rings. The Hall–Kier alpha value is -1.68. The van der Waals surface area contributed by atoms with Crippen LogP contribution in [0.2, 0.25) is 0 Å². The zero-order valence-corrected chi connectivity index (χ0v) is 19.8. The molecule has 2 aromatic rings. The maximum absolute atomic E-state index is 5.84. The fraction of sp³-hybridized carbons (Fsp3) is 0.571. The SMILES string of the molecule is CCc1nncn1CCNC(=NCc1ccccc1C)NCC1CCCCO1.I. The average molecular weight is 512 g/mol. The van der Waals surface area contributed by atoms with Crippen LogP contribution in [0.5, 0.6) is 0 Å². The number of hydrogen-bond acceptors (Lipinski definition) is 4. The molecule has 0 saturated carbocycles. The number of ether oxygens (including phenoxy) is 1. The number of aliphatic imine (C=N–C) groups is 1. The van der Waals surface area contributed by atoms with E-state index < -0.39 is 0 Å². The molecule has 1 atom stereocenters. The van der Waals surface area contributed by atoms with Gasteiger partial charge >= 0.3 is 0 Å².